The summed E-state index contributed by atoms with van der Waals surface area (Å²) in [5.74, 6) is -1.65. The maximum absolute atomic E-state index is 11.6. The molecule has 98 valence electrons. The van der Waals surface area contributed by atoms with Gasteiger partial charge in [-0.25, -0.2) is 9.59 Å². The summed E-state index contributed by atoms with van der Waals surface area (Å²) in [4.78, 5) is 34.6. The first-order valence-electron chi connectivity index (χ1n) is 5.24. The van der Waals surface area contributed by atoms with E-state index in [9.17, 15) is 14.4 Å². The Hall–Kier alpha value is -1.79. The van der Waals surface area contributed by atoms with Gasteiger partial charge < -0.3 is 20.6 Å². The van der Waals surface area contributed by atoms with Crippen LogP contribution in [0.5, 0.6) is 0 Å². The van der Waals surface area contributed by atoms with E-state index in [1.807, 2.05) is 0 Å². The molecule has 0 radical (unpaired) electrons. The van der Waals surface area contributed by atoms with Gasteiger partial charge in [0.2, 0.25) is 5.91 Å². The zero-order chi connectivity index (χ0) is 13.6. The number of carbonyl (C=O) groups excluding carboxylic acids is 2. The van der Waals surface area contributed by atoms with Gasteiger partial charge in [0.25, 0.3) is 0 Å². The van der Waals surface area contributed by atoms with Crippen molar-refractivity contribution in [3.8, 4) is 0 Å². The Bertz CT molecular complexity index is 304. The third kappa shape index (κ3) is 5.19. The molecule has 0 bridgehead atoms. The average Bonchev–Trinajstić information content (AvgIpc) is 2.23. The van der Waals surface area contributed by atoms with E-state index in [4.69, 9.17) is 5.11 Å². The topological polar surface area (TPSA) is 98.7 Å². The molecule has 17 heavy (non-hydrogen) atoms. The molecule has 1 atom stereocenters. The summed E-state index contributed by atoms with van der Waals surface area (Å²) in [6, 6.07) is -1.55. The van der Waals surface area contributed by atoms with Gasteiger partial charge in [0.05, 0.1) is 0 Å². The Morgan fingerprint density at radius 3 is 2.18 bits per heavy atom. The van der Waals surface area contributed by atoms with E-state index in [0.29, 0.717) is 0 Å². The second-order valence-electron chi connectivity index (χ2n) is 4.04. The molecule has 0 heterocycles. The highest BCUT2D eigenvalue weighted by atomic mass is 16.4. The van der Waals surface area contributed by atoms with Crippen LogP contribution in [0.25, 0.3) is 0 Å². The lowest BCUT2D eigenvalue weighted by molar-refractivity contribution is -0.140. The van der Waals surface area contributed by atoms with Gasteiger partial charge in [-0.05, 0) is 5.92 Å². The van der Waals surface area contributed by atoms with Crippen LogP contribution in [0.15, 0.2) is 0 Å². The highest BCUT2D eigenvalue weighted by Crippen LogP contribution is 2.02. The number of urea groups is 1. The van der Waals surface area contributed by atoms with Gasteiger partial charge in [-0.1, -0.05) is 13.8 Å². The zero-order valence-corrected chi connectivity index (χ0v) is 10.5. The van der Waals surface area contributed by atoms with Gasteiger partial charge in [-0.15, -0.1) is 0 Å². The maximum atomic E-state index is 11.6. The first kappa shape index (κ1) is 15.2. The van der Waals surface area contributed by atoms with Crippen LogP contribution in [0.3, 0.4) is 0 Å². The minimum atomic E-state index is -1.10. The number of carbonyl (C=O) groups is 3. The molecule has 0 aromatic carbocycles. The zero-order valence-electron chi connectivity index (χ0n) is 10.5. The Morgan fingerprint density at radius 2 is 1.82 bits per heavy atom. The van der Waals surface area contributed by atoms with E-state index in [-0.39, 0.29) is 18.4 Å². The molecule has 0 aliphatic heterocycles. The molecule has 0 saturated heterocycles. The molecule has 0 aromatic heterocycles. The molecule has 0 aliphatic rings. The number of rotatable bonds is 5. The molecule has 0 saturated carbocycles. The van der Waals surface area contributed by atoms with Crippen molar-refractivity contribution in [3.63, 3.8) is 0 Å². The fraction of sp³-hybridized carbons (Fsp3) is 0.700. The lowest BCUT2D eigenvalue weighted by atomic mass is 10.1. The summed E-state index contributed by atoms with van der Waals surface area (Å²) >= 11 is 0. The Labute approximate surface area is 100 Å². The highest BCUT2D eigenvalue weighted by molar-refractivity contribution is 5.86. The monoisotopic (exact) mass is 245 g/mol. The Kier molecular flexibility index (Phi) is 6.01. The second-order valence-corrected chi connectivity index (χ2v) is 4.04. The average molecular weight is 245 g/mol. The van der Waals surface area contributed by atoms with E-state index in [0.717, 1.165) is 4.90 Å². The summed E-state index contributed by atoms with van der Waals surface area (Å²) in [6.45, 7) is 3.27. The number of likely N-dealkylation sites (N-methyl/N-ethyl adjacent to an activating group) is 2. The van der Waals surface area contributed by atoms with Crippen LogP contribution >= 0.6 is 0 Å². The molecule has 7 heteroatoms. The van der Waals surface area contributed by atoms with E-state index in [1.165, 1.54) is 14.1 Å². The highest BCUT2D eigenvalue weighted by Gasteiger charge is 2.25. The Morgan fingerprint density at radius 1 is 1.29 bits per heavy atom. The molecule has 7 nitrogen and oxygen atoms in total. The van der Waals surface area contributed by atoms with E-state index in [1.54, 1.807) is 13.8 Å². The van der Waals surface area contributed by atoms with Gasteiger partial charge in [0.15, 0.2) is 0 Å². The fourth-order valence-corrected chi connectivity index (χ4v) is 1.12. The summed E-state index contributed by atoms with van der Waals surface area (Å²) in [6.07, 6.45) is 0. The SMILES string of the molecule is CNC(=O)CN(C)C(=O)NC(C(=O)O)C(C)C. The smallest absolute Gasteiger partial charge is 0.326 e. The minimum Gasteiger partial charge on any atom is -0.480 e. The quantitative estimate of drug-likeness (QED) is 0.607. The Balaban J connectivity index is 4.41. The van der Waals surface area contributed by atoms with E-state index in [2.05, 4.69) is 10.6 Å². The van der Waals surface area contributed by atoms with Crippen LogP contribution in [-0.4, -0.2) is 54.6 Å². The van der Waals surface area contributed by atoms with Gasteiger partial charge in [0, 0.05) is 14.1 Å². The lowest BCUT2D eigenvalue weighted by Crippen LogP contribution is -2.50. The number of carboxylic acids is 1. The van der Waals surface area contributed by atoms with Gasteiger partial charge in [-0.3, -0.25) is 4.79 Å². The molecule has 0 rings (SSSR count). The third-order valence-corrected chi connectivity index (χ3v) is 2.22. The van der Waals surface area contributed by atoms with Crippen molar-refractivity contribution in [1.29, 1.82) is 0 Å². The molecular weight excluding hydrogens is 226 g/mol. The van der Waals surface area contributed by atoms with Gasteiger partial charge >= 0.3 is 12.0 Å². The van der Waals surface area contributed by atoms with E-state index >= 15 is 0 Å². The summed E-state index contributed by atoms with van der Waals surface area (Å²) in [5.41, 5.74) is 0. The van der Waals surface area contributed by atoms with Crippen LogP contribution in [-0.2, 0) is 9.59 Å². The second kappa shape index (κ2) is 6.72. The largest absolute Gasteiger partial charge is 0.480 e. The number of aliphatic carboxylic acids is 1. The lowest BCUT2D eigenvalue weighted by Gasteiger charge is -2.22. The van der Waals surface area contributed by atoms with Crippen molar-refractivity contribution >= 4 is 17.9 Å². The minimum absolute atomic E-state index is 0.118. The van der Waals surface area contributed by atoms with E-state index < -0.39 is 18.0 Å². The predicted molar refractivity (Wildman–Crippen MR) is 61.5 cm³/mol. The summed E-state index contributed by atoms with van der Waals surface area (Å²) in [7, 11) is 2.88. The van der Waals surface area contributed by atoms with Crippen LogP contribution in [0.2, 0.25) is 0 Å². The van der Waals surface area contributed by atoms with Crippen LogP contribution in [0.1, 0.15) is 13.8 Å². The molecule has 0 fully saturated rings. The van der Waals surface area contributed by atoms with Gasteiger partial charge in [-0.2, -0.15) is 0 Å². The molecule has 0 aliphatic carbocycles. The van der Waals surface area contributed by atoms with Gasteiger partial charge in [0.1, 0.15) is 12.6 Å². The number of hydrogen-bond acceptors (Lipinski definition) is 3. The fourth-order valence-electron chi connectivity index (χ4n) is 1.12. The van der Waals surface area contributed by atoms with Crippen molar-refractivity contribution in [2.45, 2.75) is 19.9 Å². The molecule has 3 N–H and O–H groups in total. The first-order chi connectivity index (χ1) is 7.79. The number of nitrogens with one attached hydrogen (secondary N) is 2. The van der Waals surface area contributed by atoms with Crippen LogP contribution in [0.4, 0.5) is 4.79 Å². The molecular formula is C10H19N3O4. The summed E-state index contributed by atoms with van der Waals surface area (Å²) in [5, 5.41) is 13.6. The normalized spacial score (nSPS) is 11.8. The van der Waals surface area contributed by atoms with Crippen molar-refractivity contribution in [2.24, 2.45) is 5.92 Å². The maximum Gasteiger partial charge on any atom is 0.326 e. The molecule has 1 unspecified atom stereocenters. The molecule has 3 amide bonds. The van der Waals surface area contributed by atoms with Crippen molar-refractivity contribution < 1.29 is 19.5 Å². The van der Waals surface area contributed by atoms with Crippen molar-refractivity contribution in [2.75, 3.05) is 20.6 Å². The number of hydrogen-bond donors (Lipinski definition) is 3. The van der Waals surface area contributed by atoms with Crippen LogP contribution in [0, 0.1) is 5.92 Å². The van der Waals surface area contributed by atoms with Crippen molar-refractivity contribution in [3.05, 3.63) is 0 Å². The summed E-state index contributed by atoms with van der Waals surface area (Å²) < 4.78 is 0. The number of carboxylic acid groups (broad SMARTS) is 1. The number of amides is 3. The third-order valence-electron chi connectivity index (χ3n) is 2.22. The predicted octanol–water partition coefficient (Wildman–Crippen LogP) is -0.517. The number of nitrogens with zero attached hydrogens (tertiary/aromatic N) is 1. The van der Waals surface area contributed by atoms with Crippen LogP contribution < -0.4 is 10.6 Å². The van der Waals surface area contributed by atoms with Crippen molar-refractivity contribution in [1.82, 2.24) is 15.5 Å². The molecule has 0 aromatic rings. The standard InChI is InChI=1S/C10H19N3O4/c1-6(2)8(9(15)16)12-10(17)13(4)5-7(14)11-3/h6,8H,5H2,1-4H3,(H,11,14)(H,12,17)(H,15,16). The molecule has 0 spiro atoms. The first-order valence-corrected chi connectivity index (χ1v) is 5.24.